The number of rotatable bonds is 3. The van der Waals surface area contributed by atoms with Gasteiger partial charge in [0.05, 0.1) is 5.56 Å². The van der Waals surface area contributed by atoms with E-state index in [4.69, 9.17) is 5.11 Å². The first kappa shape index (κ1) is 9.71. The van der Waals surface area contributed by atoms with Crippen LogP contribution < -0.4 is 0 Å². The first-order valence-electron chi connectivity index (χ1n) is 4.91. The van der Waals surface area contributed by atoms with Crippen molar-refractivity contribution < 1.29 is 9.90 Å². The molecule has 2 rings (SSSR count). The third kappa shape index (κ3) is 1.70. The van der Waals surface area contributed by atoms with Crippen LogP contribution in [0.3, 0.4) is 0 Å². The minimum atomic E-state index is -0.937. The Kier molecular flexibility index (Phi) is 2.41. The minimum Gasteiger partial charge on any atom is -0.478 e. The Morgan fingerprint density at radius 2 is 2.40 bits per heavy atom. The zero-order valence-electron chi connectivity index (χ0n) is 8.45. The molecule has 0 saturated heterocycles. The lowest BCUT2D eigenvalue weighted by molar-refractivity contribution is 0.0696. The lowest BCUT2D eigenvalue weighted by Crippen LogP contribution is -1.96. The Morgan fingerprint density at radius 1 is 1.60 bits per heavy atom. The number of hydrogen-bond donors (Lipinski definition) is 2. The quantitative estimate of drug-likeness (QED) is 0.805. The fourth-order valence-electron chi connectivity index (χ4n) is 1.65. The van der Waals surface area contributed by atoms with Crippen molar-refractivity contribution in [2.75, 3.05) is 0 Å². The molecule has 4 heteroatoms. The Bertz CT molecular complexity index is 502. The van der Waals surface area contributed by atoms with Crippen molar-refractivity contribution in [3.8, 4) is 0 Å². The van der Waals surface area contributed by atoms with E-state index in [1.807, 2.05) is 6.20 Å². The summed E-state index contributed by atoms with van der Waals surface area (Å²) in [6.07, 6.45) is 5.23. The first-order valence-corrected chi connectivity index (χ1v) is 4.91. The molecule has 0 amide bonds. The number of nitrogens with zero attached hydrogens (tertiary/aromatic N) is 1. The van der Waals surface area contributed by atoms with Gasteiger partial charge in [0.2, 0.25) is 0 Å². The van der Waals surface area contributed by atoms with Gasteiger partial charge in [-0.2, -0.15) is 0 Å². The van der Waals surface area contributed by atoms with E-state index in [0.717, 1.165) is 29.4 Å². The minimum absolute atomic E-state index is 0.236. The van der Waals surface area contributed by atoms with Crippen LogP contribution in [0.4, 0.5) is 0 Å². The van der Waals surface area contributed by atoms with E-state index in [1.165, 1.54) is 6.20 Å². The van der Waals surface area contributed by atoms with Gasteiger partial charge in [0, 0.05) is 17.8 Å². The van der Waals surface area contributed by atoms with Gasteiger partial charge in [-0.1, -0.05) is 13.3 Å². The average Bonchev–Trinajstić information content (AvgIpc) is 2.61. The molecule has 0 unspecified atom stereocenters. The summed E-state index contributed by atoms with van der Waals surface area (Å²) in [5.41, 5.74) is 2.12. The van der Waals surface area contributed by atoms with E-state index in [2.05, 4.69) is 16.9 Å². The monoisotopic (exact) mass is 204 g/mol. The van der Waals surface area contributed by atoms with Gasteiger partial charge in [-0.15, -0.1) is 0 Å². The molecule has 0 aliphatic heterocycles. The van der Waals surface area contributed by atoms with Crippen molar-refractivity contribution in [1.82, 2.24) is 9.97 Å². The lowest BCUT2D eigenvalue weighted by Gasteiger charge is -1.97. The second-order valence-corrected chi connectivity index (χ2v) is 3.49. The molecule has 2 aromatic heterocycles. The predicted molar refractivity (Wildman–Crippen MR) is 57.0 cm³/mol. The van der Waals surface area contributed by atoms with E-state index >= 15 is 0 Å². The van der Waals surface area contributed by atoms with Crippen LogP contribution in [-0.2, 0) is 6.42 Å². The third-order valence-electron chi connectivity index (χ3n) is 2.38. The van der Waals surface area contributed by atoms with Crippen LogP contribution in [0.15, 0.2) is 18.5 Å². The maximum absolute atomic E-state index is 10.8. The van der Waals surface area contributed by atoms with Gasteiger partial charge < -0.3 is 10.1 Å². The number of aromatic carboxylic acids is 1. The SMILES string of the molecule is CCCc1c[nH]c2ncc(C(=O)O)cc12. The number of aromatic amines is 1. The van der Waals surface area contributed by atoms with Gasteiger partial charge in [0.25, 0.3) is 0 Å². The molecule has 0 aromatic carbocycles. The molecule has 2 N–H and O–H groups in total. The van der Waals surface area contributed by atoms with Gasteiger partial charge >= 0.3 is 5.97 Å². The molecule has 15 heavy (non-hydrogen) atoms. The van der Waals surface area contributed by atoms with Crippen LogP contribution in [0.25, 0.3) is 11.0 Å². The molecule has 78 valence electrons. The average molecular weight is 204 g/mol. The van der Waals surface area contributed by atoms with Crippen LogP contribution in [0.1, 0.15) is 29.3 Å². The Hall–Kier alpha value is -1.84. The Labute approximate surface area is 87.0 Å². The number of aryl methyl sites for hydroxylation is 1. The zero-order chi connectivity index (χ0) is 10.8. The van der Waals surface area contributed by atoms with E-state index < -0.39 is 5.97 Å². The molecular weight excluding hydrogens is 192 g/mol. The molecule has 2 heterocycles. The number of pyridine rings is 1. The summed E-state index contributed by atoms with van der Waals surface area (Å²) >= 11 is 0. The molecule has 4 nitrogen and oxygen atoms in total. The molecule has 0 bridgehead atoms. The summed E-state index contributed by atoms with van der Waals surface area (Å²) in [5, 5.41) is 9.77. The number of carbonyl (C=O) groups is 1. The standard InChI is InChI=1S/C11H12N2O2/c1-2-3-7-5-12-10-9(7)4-8(6-13-10)11(14)15/h4-6H,2-3H2,1H3,(H,12,13)(H,14,15). The van der Waals surface area contributed by atoms with E-state index in [1.54, 1.807) is 6.07 Å². The second kappa shape index (κ2) is 3.73. The van der Waals surface area contributed by atoms with E-state index in [9.17, 15) is 4.79 Å². The molecule has 0 aliphatic carbocycles. The smallest absolute Gasteiger partial charge is 0.337 e. The normalized spacial score (nSPS) is 10.7. The van der Waals surface area contributed by atoms with Crippen molar-refractivity contribution in [1.29, 1.82) is 0 Å². The number of nitrogens with one attached hydrogen (secondary N) is 1. The summed E-state index contributed by atoms with van der Waals surface area (Å²) in [4.78, 5) is 17.9. The summed E-state index contributed by atoms with van der Waals surface area (Å²) in [6.45, 7) is 2.09. The number of carboxylic acid groups (broad SMARTS) is 1. The highest BCUT2D eigenvalue weighted by atomic mass is 16.4. The fraction of sp³-hybridized carbons (Fsp3) is 0.273. The van der Waals surface area contributed by atoms with Gasteiger partial charge in [-0.05, 0) is 18.1 Å². The molecule has 0 saturated carbocycles. The Morgan fingerprint density at radius 3 is 3.07 bits per heavy atom. The largest absolute Gasteiger partial charge is 0.478 e. The maximum atomic E-state index is 10.8. The molecule has 0 atom stereocenters. The molecule has 2 aromatic rings. The highest BCUT2D eigenvalue weighted by Crippen LogP contribution is 2.18. The maximum Gasteiger partial charge on any atom is 0.337 e. The van der Waals surface area contributed by atoms with Crippen molar-refractivity contribution >= 4 is 17.0 Å². The van der Waals surface area contributed by atoms with E-state index in [-0.39, 0.29) is 5.56 Å². The van der Waals surface area contributed by atoms with Crippen LogP contribution in [0.5, 0.6) is 0 Å². The van der Waals surface area contributed by atoms with Crippen LogP contribution in [0.2, 0.25) is 0 Å². The number of hydrogen-bond acceptors (Lipinski definition) is 2. The predicted octanol–water partition coefficient (Wildman–Crippen LogP) is 2.21. The van der Waals surface area contributed by atoms with Crippen LogP contribution in [0, 0.1) is 0 Å². The number of H-pyrrole nitrogens is 1. The molecule has 0 aliphatic rings. The first-order chi connectivity index (χ1) is 7.22. The fourth-order valence-corrected chi connectivity index (χ4v) is 1.65. The highest BCUT2D eigenvalue weighted by molar-refractivity contribution is 5.92. The van der Waals surface area contributed by atoms with E-state index in [0.29, 0.717) is 0 Å². The van der Waals surface area contributed by atoms with Crippen LogP contribution >= 0.6 is 0 Å². The Balaban J connectivity index is 2.56. The van der Waals surface area contributed by atoms with Crippen LogP contribution in [-0.4, -0.2) is 21.0 Å². The summed E-state index contributed by atoms with van der Waals surface area (Å²) in [7, 11) is 0. The van der Waals surface area contributed by atoms with Gasteiger partial charge in [0.1, 0.15) is 5.65 Å². The molecular formula is C11H12N2O2. The highest BCUT2D eigenvalue weighted by Gasteiger charge is 2.08. The summed E-state index contributed by atoms with van der Waals surface area (Å²) in [6, 6.07) is 1.67. The van der Waals surface area contributed by atoms with Crippen molar-refractivity contribution in [2.45, 2.75) is 19.8 Å². The second-order valence-electron chi connectivity index (χ2n) is 3.49. The number of fused-ring (bicyclic) bond motifs is 1. The number of carboxylic acids is 1. The topological polar surface area (TPSA) is 66.0 Å². The van der Waals surface area contributed by atoms with Gasteiger partial charge in [0.15, 0.2) is 0 Å². The molecule has 0 fully saturated rings. The van der Waals surface area contributed by atoms with Crippen molar-refractivity contribution in [3.05, 3.63) is 29.6 Å². The summed E-state index contributed by atoms with van der Waals surface area (Å²) < 4.78 is 0. The molecule has 0 spiro atoms. The van der Waals surface area contributed by atoms with Crippen molar-refractivity contribution in [2.24, 2.45) is 0 Å². The van der Waals surface area contributed by atoms with Gasteiger partial charge in [-0.3, -0.25) is 0 Å². The third-order valence-corrected chi connectivity index (χ3v) is 2.38. The molecule has 0 radical (unpaired) electrons. The summed E-state index contributed by atoms with van der Waals surface area (Å²) in [5.74, 6) is -0.937. The lowest BCUT2D eigenvalue weighted by atomic mass is 10.1. The van der Waals surface area contributed by atoms with Gasteiger partial charge in [-0.25, -0.2) is 9.78 Å². The zero-order valence-corrected chi connectivity index (χ0v) is 8.45. The number of aromatic nitrogens is 2. The van der Waals surface area contributed by atoms with Crippen molar-refractivity contribution in [3.63, 3.8) is 0 Å².